The summed E-state index contributed by atoms with van der Waals surface area (Å²) in [6.07, 6.45) is -0.963. The van der Waals surface area contributed by atoms with E-state index in [4.69, 9.17) is 16.3 Å². The minimum atomic E-state index is -4.79. The van der Waals surface area contributed by atoms with Crippen molar-refractivity contribution in [1.29, 1.82) is 0 Å². The predicted octanol–water partition coefficient (Wildman–Crippen LogP) is 8.44. The van der Waals surface area contributed by atoms with Gasteiger partial charge < -0.3 is 35.1 Å². The zero-order valence-electron chi connectivity index (χ0n) is 35.8. The van der Waals surface area contributed by atoms with Gasteiger partial charge in [0, 0.05) is 44.3 Å². The van der Waals surface area contributed by atoms with Crippen LogP contribution in [0.2, 0.25) is 5.02 Å². The van der Waals surface area contributed by atoms with Gasteiger partial charge in [-0.1, -0.05) is 70.5 Å². The number of rotatable bonds is 10. The van der Waals surface area contributed by atoms with E-state index in [0.29, 0.717) is 55.5 Å². The number of aromatic nitrogens is 3. The van der Waals surface area contributed by atoms with Crippen molar-refractivity contribution in [3.8, 4) is 22.4 Å². The molecule has 2 aliphatic heterocycles. The van der Waals surface area contributed by atoms with E-state index < -0.39 is 29.8 Å². The molecular formula is C45H52ClF3N8O5. The first-order chi connectivity index (χ1) is 29.2. The highest BCUT2D eigenvalue weighted by atomic mass is 35.5. The molecule has 4 amide bonds. The molecule has 2 aromatic heterocycles. The third kappa shape index (κ3) is 9.25. The number of nitrogens with one attached hydrogen (secondary N) is 3. The number of anilines is 2. The lowest BCUT2D eigenvalue weighted by atomic mass is 9.97. The number of alkyl carbamates (subject to hydrolysis) is 1. The molecule has 0 bridgehead atoms. The van der Waals surface area contributed by atoms with Crippen LogP contribution < -0.4 is 15.5 Å². The molecule has 330 valence electrons. The maximum absolute atomic E-state index is 14.6. The summed E-state index contributed by atoms with van der Waals surface area (Å²) in [7, 11) is 1.24. The minimum Gasteiger partial charge on any atom is -0.453 e. The van der Waals surface area contributed by atoms with Gasteiger partial charge in [0.25, 0.3) is 5.91 Å². The summed E-state index contributed by atoms with van der Waals surface area (Å²) in [5, 5.41) is 5.08. The van der Waals surface area contributed by atoms with Gasteiger partial charge in [0.15, 0.2) is 0 Å². The lowest BCUT2D eigenvalue weighted by Gasteiger charge is -2.40. The molecule has 5 atom stereocenters. The van der Waals surface area contributed by atoms with Crippen LogP contribution in [0, 0.1) is 23.2 Å². The van der Waals surface area contributed by atoms with Gasteiger partial charge in [0.05, 0.1) is 46.9 Å². The number of methoxy groups -OCH3 is 1. The van der Waals surface area contributed by atoms with Crippen molar-refractivity contribution in [2.75, 3.05) is 43.5 Å². The normalized spacial score (nSPS) is 21.5. The molecule has 3 fully saturated rings. The first-order valence-corrected chi connectivity index (χ1v) is 21.2. The van der Waals surface area contributed by atoms with E-state index >= 15 is 0 Å². The number of H-pyrrole nitrogens is 1. The number of nitrogens with zero attached hydrogens (tertiary/aromatic N) is 5. The number of amides is 4. The summed E-state index contributed by atoms with van der Waals surface area (Å²) < 4.78 is 48.6. The van der Waals surface area contributed by atoms with Crippen LogP contribution in [0.1, 0.15) is 82.2 Å². The maximum atomic E-state index is 14.6. The van der Waals surface area contributed by atoms with E-state index in [1.165, 1.54) is 19.4 Å². The Kier molecular flexibility index (Phi) is 12.4. The number of carbonyl (C=O) groups excluding carboxylic acids is 4. The minimum absolute atomic E-state index is 0.00660. The first kappa shape index (κ1) is 44.4. The first-order valence-electron chi connectivity index (χ1n) is 20.8. The fourth-order valence-corrected chi connectivity index (χ4v) is 8.75. The Morgan fingerprint density at radius 2 is 1.66 bits per heavy atom. The number of hydrogen-bond acceptors (Lipinski definition) is 8. The van der Waals surface area contributed by atoms with Crippen LogP contribution in [0.5, 0.6) is 0 Å². The number of piperazine rings is 1. The van der Waals surface area contributed by atoms with Gasteiger partial charge in [0.1, 0.15) is 17.7 Å². The molecule has 62 heavy (non-hydrogen) atoms. The Morgan fingerprint density at radius 1 is 0.968 bits per heavy atom. The topological polar surface area (TPSA) is 153 Å². The van der Waals surface area contributed by atoms with Gasteiger partial charge in [-0.25, -0.2) is 14.8 Å². The Morgan fingerprint density at radius 3 is 2.26 bits per heavy atom. The SMILES string of the molecule is COC(=O)N[C@H](C(=O)N1C[C@@H](C)C[C@H]1c1ncc(-c2ccc(-c3cc(Cl)c(NC(=O)c4ccc(N5CCN(C(=O)[C@H]6CC6(C)C)C[C@H]5C)nc4)cc3C(F)(F)F)cc2)[nH]1)C(C)C. The predicted molar refractivity (Wildman–Crippen MR) is 229 cm³/mol. The van der Waals surface area contributed by atoms with Crippen molar-refractivity contribution in [2.45, 2.75) is 78.7 Å². The second-order valence-electron chi connectivity index (χ2n) is 17.8. The molecule has 2 aromatic carbocycles. The summed E-state index contributed by atoms with van der Waals surface area (Å²) in [5.74, 6) is 0.469. The van der Waals surface area contributed by atoms with Crippen LogP contribution in [0.25, 0.3) is 22.4 Å². The standard InChI is InChI=1S/C45H52ClF3N8O5/c1-24(2)38(54-43(61)62-7)42(60)57-22-25(3)16-36(57)39-51-21-35(52-39)28-10-8-27(9-11-28)30-17-33(46)34(18-31(30)45(47,48)49)53-40(58)29-12-13-37(50-20-29)56-15-14-55(23-26(56)4)41(59)32-19-44(32,5)6/h8-13,17-18,20-21,24-26,32,36,38H,14-16,19,22-23H2,1-7H3,(H,51,52)(H,53,58)(H,54,61)/t25-,26+,32+,36-,38-/m0/s1. The Hall–Kier alpha value is -5.64. The second kappa shape index (κ2) is 17.3. The van der Waals surface area contributed by atoms with E-state index in [1.807, 2.05) is 32.6 Å². The molecule has 17 heteroatoms. The molecule has 2 saturated heterocycles. The van der Waals surface area contributed by atoms with Gasteiger partial charge in [-0.3, -0.25) is 14.4 Å². The number of halogens is 4. The molecule has 0 radical (unpaired) electrons. The Bertz CT molecular complexity index is 2330. The van der Waals surface area contributed by atoms with Gasteiger partial charge in [0.2, 0.25) is 11.8 Å². The molecule has 13 nitrogen and oxygen atoms in total. The van der Waals surface area contributed by atoms with Crippen LogP contribution in [-0.2, 0) is 20.5 Å². The maximum Gasteiger partial charge on any atom is 0.417 e. The van der Waals surface area contributed by atoms with Crippen molar-refractivity contribution in [1.82, 2.24) is 30.1 Å². The summed E-state index contributed by atoms with van der Waals surface area (Å²) in [4.78, 5) is 70.0. The van der Waals surface area contributed by atoms with Gasteiger partial charge in [-0.05, 0) is 78.0 Å². The number of imidazole rings is 1. The summed E-state index contributed by atoms with van der Waals surface area (Å²) in [6.45, 7) is 14.1. The number of likely N-dealkylation sites (tertiary alicyclic amines) is 1. The molecule has 7 rings (SSSR count). The fourth-order valence-electron chi connectivity index (χ4n) is 8.54. The molecule has 4 heterocycles. The number of pyridine rings is 1. The Labute approximate surface area is 363 Å². The number of carbonyl (C=O) groups is 4. The van der Waals surface area contributed by atoms with Crippen molar-refractivity contribution >= 4 is 46.9 Å². The molecule has 0 spiro atoms. The zero-order chi connectivity index (χ0) is 44.8. The number of benzene rings is 2. The average molecular weight is 877 g/mol. The van der Waals surface area contributed by atoms with E-state index in [0.717, 1.165) is 12.5 Å². The van der Waals surface area contributed by atoms with E-state index in [-0.39, 0.29) is 74.5 Å². The number of hydrogen-bond donors (Lipinski definition) is 3. The van der Waals surface area contributed by atoms with Crippen LogP contribution in [0.3, 0.4) is 0 Å². The quantitative estimate of drug-likeness (QED) is 0.144. The van der Waals surface area contributed by atoms with Crippen LogP contribution in [0.15, 0.2) is 60.9 Å². The van der Waals surface area contributed by atoms with E-state index in [1.54, 1.807) is 47.5 Å². The van der Waals surface area contributed by atoms with Crippen molar-refractivity contribution in [3.05, 3.63) is 82.9 Å². The molecule has 1 aliphatic carbocycles. The summed E-state index contributed by atoms with van der Waals surface area (Å²) >= 11 is 6.55. The van der Waals surface area contributed by atoms with Crippen molar-refractivity contribution in [3.63, 3.8) is 0 Å². The number of alkyl halides is 3. The largest absolute Gasteiger partial charge is 0.453 e. The highest BCUT2D eigenvalue weighted by Crippen LogP contribution is 2.52. The molecule has 4 aromatic rings. The van der Waals surface area contributed by atoms with Crippen molar-refractivity contribution in [2.24, 2.45) is 23.2 Å². The summed E-state index contributed by atoms with van der Waals surface area (Å²) in [5.41, 5.74) is 0.314. The fraction of sp³-hybridized carbons (Fsp3) is 0.467. The van der Waals surface area contributed by atoms with Gasteiger partial charge in [-0.2, -0.15) is 13.2 Å². The molecule has 3 aliphatic rings. The Balaban J connectivity index is 1.03. The zero-order valence-corrected chi connectivity index (χ0v) is 36.5. The number of ether oxygens (including phenoxy) is 1. The molecule has 0 unspecified atom stereocenters. The molecular weight excluding hydrogens is 825 g/mol. The molecule has 1 saturated carbocycles. The third-order valence-corrected chi connectivity index (χ3v) is 12.6. The lowest BCUT2D eigenvalue weighted by Crippen LogP contribution is -2.54. The van der Waals surface area contributed by atoms with Crippen LogP contribution in [0.4, 0.5) is 29.5 Å². The second-order valence-corrected chi connectivity index (χ2v) is 18.2. The lowest BCUT2D eigenvalue weighted by molar-refractivity contribution is -0.137. The smallest absolute Gasteiger partial charge is 0.417 e. The van der Waals surface area contributed by atoms with Crippen LogP contribution in [-0.4, -0.2) is 93.9 Å². The number of aromatic amines is 1. The van der Waals surface area contributed by atoms with E-state index in [9.17, 15) is 32.3 Å². The van der Waals surface area contributed by atoms with Crippen LogP contribution >= 0.6 is 11.6 Å². The highest BCUT2D eigenvalue weighted by molar-refractivity contribution is 6.34. The molecule has 3 N–H and O–H groups in total. The monoisotopic (exact) mass is 876 g/mol. The van der Waals surface area contributed by atoms with Gasteiger partial charge in [-0.15, -0.1) is 0 Å². The van der Waals surface area contributed by atoms with Gasteiger partial charge >= 0.3 is 12.3 Å². The van der Waals surface area contributed by atoms with Crippen molar-refractivity contribution < 1.29 is 37.1 Å². The summed E-state index contributed by atoms with van der Waals surface area (Å²) in [6, 6.07) is 10.5. The third-order valence-electron chi connectivity index (χ3n) is 12.3. The average Bonchev–Trinajstić information content (AvgIpc) is 3.51. The highest BCUT2D eigenvalue weighted by Gasteiger charge is 2.52. The van der Waals surface area contributed by atoms with E-state index in [2.05, 4.69) is 44.3 Å².